The Morgan fingerprint density at radius 2 is 1.63 bits per heavy atom. The van der Waals surface area contributed by atoms with Gasteiger partial charge in [0.05, 0.1) is 11.0 Å². The predicted molar refractivity (Wildman–Crippen MR) is 137 cm³/mol. The topological polar surface area (TPSA) is 64.8 Å². The Bertz CT molecular complexity index is 1460. The van der Waals surface area contributed by atoms with Crippen LogP contribution in [0.1, 0.15) is 36.6 Å². The highest BCUT2D eigenvalue weighted by Gasteiger charge is 2.26. The molecule has 2 N–H and O–H groups in total. The van der Waals surface area contributed by atoms with Crippen molar-refractivity contribution in [1.29, 1.82) is 0 Å². The summed E-state index contributed by atoms with van der Waals surface area (Å²) < 4.78 is 13.5. The molecule has 0 aliphatic carbocycles. The Labute approximate surface area is 203 Å². The lowest BCUT2D eigenvalue weighted by atomic mass is 9.95. The van der Waals surface area contributed by atoms with Crippen molar-refractivity contribution in [1.82, 2.24) is 19.9 Å². The Morgan fingerprint density at radius 1 is 0.914 bits per heavy atom. The van der Waals surface area contributed by atoms with E-state index in [4.69, 9.17) is 4.98 Å². The number of hydrogen-bond donors (Lipinski definition) is 2. The maximum atomic E-state index is 13.5. The van der Waals surface area contributed by atoms with Crippen molar-refractivity contribution in [3.8, 4) is 11.3 Å². The first kappa shape index (κ1) is 21.6. The summed E-state index contributed by atoms with van der Waals surface area (Å²) in [5.41, 5.74) is 6.09. The molecule has 6 heteroatoms. The van der Waals surface area contributed by atoms with Gasteiger partial charge in [0.2, 0.25) is 5.91 Å². The number of H-pyrrole nitrogens is 2. The molecule has 1 saturated heterocycles. The number of rotatable bonds is 5. The Morgan fingerprint density at radius 3 is 2.40 bits per heavy atom. The van der Waals surface area contributed by atoms with Gasteiger partial charge in [-0.05, 0) is 72.9 Å². The van der Waals surface area contributed by atoms with Crippen LogP contribution in [-0.4, -0.2) is 38.8 Å². The molecule has 3 aromatic carbocycles. The highest BCUT2D eigenvalue weighted by atomic mass is 19.1. The van der Waals surface area contributed by atoms with Crippen molar-refractivity contribution in [3.05, 3.63) is 90.0 Å². The number of aromatic amines is 2. The van der Waals surface area contributed by atoms with Gasteiger partial charge in [-0.25, -0.2) is 9.37 Å². The molecule has 0 bridgehead atoms. The molecule has 2 aromatic heterocycles. The van der Waals surface area contributed by atoms with Crippen LogP contribution in [0.4, 0.5) is 4.39 Å². The first-order valence-corrected chi connectivity index (χ1v) is 12.2. The molecule has 1 aliphatic heterocycles. The zero-order valence-electron chi connectivity index (χ0n) is 19.4. The number of hydrogen-bond acceptors (Lipinski definition) is 2. The van der Waals surface area contributed by atoms with Gasteiger partial charge >= 0.3 is 0 Å². The number of piperidine rings is 1. The van der Waals surface area contributed by atoms with Gasteiger partial charge in [-0.3, -0.25) is 4.79 Å². The van der Waals surface area contributed by atoms with Crippen LogP contribution >= 0.6 is 0 Å². The van der Waals surface area contributed by atoms with Crippen LogP contribution in [0.2, 0.25) is 0 Å². The smallest absolute Gasteiger partial charge is 0.222 e. The highest BCUT2D eigenvalue weighted by Crippen LogP contribution is 2.32. The third-order valence-electron chi connectivity index (χ3n) is 7.18. The number of aryl methyl sites for hydroxylation is 1. The van der Waals surface area contributed by atoms with Crippen LogP contribution < -0.4 is 0 Å². The van der Waals surface area contributed by atoms with E-state index in [9.17, 15) is 9.18 Å². The maximum absolute atomic E-state index is 13.5. The number of halogens is 1. The van der Waals surface area contributed by atoms with Gasteiger partial charge in [0, 0.05) is 42.0 Å². The number of amides is 1. The van der Waals surface area contributed by atoms with Gasteiger partial charge in [0.15, 0.2) is 0 Å². The summed E-state index contributed by atoms with van der Waals surface area (Å²) >= 11 is 0. The summed E-state index contributed by atoms with van der Waals surface area (Å²) in [5.74, 6) is 1.31. The van der Waals surface area contributed by atoms with E-state index in [-0.39, 0.29) is 11.7 Å². The fraction of sp³-hybridized carbons (Fsp3) is 0.241. The van der Waals surface area contributed by atoms with E-state index in [1.165, 1.54) is 12.1 Å². The molecule has 35 heavy (non-hydrogen) atoms. The van der Waals surface area contributed by atoms with Gasteiger partial charge in [0.25, 0.3) is 0 Å². The number of benzene rings is 3. The van der Waals surface area contributed by atoms with E-state index in [0.717, 1.165) is 70.5 Å². The number of carbonyl (C=O) groups excluding carboxylic acids is 1. The first-order valence-electron chi connectivity index (χ1n) is 12.2. The number of nitrogens with one attached hydrogen (secondary N) is 2. The average molecular weight is 467 g/mol. The van der Waals surface area contributed by atoms with Gasteiger partial charge in [-0.1, -0.05) is 30.3 Å². The highest BCUT2D eigenvalue weighted by molar-refractivity contribution is 5.91. The fourth-order valence-corrected chi connectivity index (χ4v) is 5.28. The van der Waals surface area contributed by atoms with E-state index < -0.39 is 0 Å². The molecule has 176 valence electrons. The summed E-state index contributed by atoms with van der Waals surface area (Å²) in [4.78, 5) is 26.8. The number of nitrogens with zero attached hydrogens (tertiary/aromatic N) is 2. The second kappa shape index (κ2) is 9.02. The molecule has 1 aliphatic rings. The monoisotopic (exact) mass is 466 g/mol. The molecule has 0 radical (unpaired) electrons. The maximum Gasteiger partial charge on any atom is 0.222 e. The van der Waals surface area contributed by atoms with Gasteiger partial charge < -0.3 is 14.9 Å². The minimum Gasteiger partial charge on any atom is -0.354 e. The second-order valence-electron chi connectivity index (χ2n) is 9.33. The lowest BCUT2D eigenvalue weighted by Gasteiger charge is -2.31. The van der Waals surface area contributed by atoms with Crippen molar-refractivity contribution >= 4 is 27.8 Å². The van der Waals surface area contributed by atoms with E-state index in [1.807, 2.05) is 41.3 Å². The Kier molecular flexibility index (Phi) is 5.57. The third kappa shape index (κ3) is 4.20. The Balaban J connectivity index is 1.15. The van der Waals surface area contributed by atoms with E-state index in [2.05, 4.69) is 22.1 Å². The van der Waals surface area contributed by atoms with Crippen molar-refractivity contribution in [2.24, 2.45) is 0 Å². The number of likely N-dealkylation sites (tertiary alicyclic amines) is 1. The van der Waals surface area contributed by atoms with Crippen molar-refractivity contribution < 1.29 is 9.18 Å². The number of aromatic nitrogens is 3. The SMILES string of the molecule is O=C(CCc1c(-c2ccc(F)cc2)[nH]c2ccccc12)N1CCC(c2nc3ccccc3[nH]2)CC1. The van der Waals surface area contributed by atoms with Gasteiger partial charge in [-0.2, -0.15) is 0 Å². The molecule has 0 spiro atoms. The fourth-order valence-electron chi connectivity index (χ4n) is 5.28. The van der Waals surface area contributed by atoms with Gasteiger partial charge in [-0.15, -0.1) is 0 Å². The lowest BCUT2D eigenvalue weighted by molar-refractivity contribution is -0.132. The van der Waals surface area contributed by atoms with Crippen LogP contribution in [-0.2, 0) is 11.2 Å². The minimum absolute atomic E-state index is 0.184. The normalized spacial score (nSPS) is 14.7. The molecule has 3 heterocycles. The van der Waals surface area contributed by atoms with Crippen molar-refractivity contribution in [2.75, 3.05) is 13.1 Å². The number of para-hydroxylation sites is 3. The predicted octanol–water partition coefficient (Wildman–Crippen LogP) is 6.19. The molecule has 1 fully saturated rings. The average Bonchev–Trinajstić information content (AvgIpc) is 3.49. The van der Waals surface area contributed by atoms with Crippen LogP contribution in [0.15, 0.2) is 72.8 Å². The van der Waals surface area contributed by atoms with Crippen molar-refractivity contribution in [3.63, 3.8) is 0 Å². The van der Waals surface area contributed by atoms with E-state index >= 15 is 0 Å². The summed E-state index contributed by atoms with van der Waals surface area (Å²) in [6.45, 7) is 1.50. The molecule has 5 nitrogen and oxygen atoms in total. The number of carbonyl (C=O) groups is 1. The third-order valence-corrected chi connectivity index (χ3v) is 7.18. The lowest BCUT2D eigenvalue weighted by Crippen LogP contribution is -2.38. The quantitative estimate of drug-likeness (QED) is 0.324. The zero-order chi connectivity index (χ0) is 23.8. The van der Waals surface area contributed by atoms with E-state index in [0.29, 0.717) is 18.8 Å². The Hall–Kier alpha value is -3.93. The summed E-state index contributed by atoms with van der Waals surface area (Å²) in [6, 6.07) is 22.7. The number of imidazole rings is 1. The molecule has 6 rings (SSSR count). The summed E-state index contributed by atoms with van der Waals surface area (Å²) in [6.07, 6.45) is 2.92. The number of fused-ring (bicyclic) bond motifs is 2. The van der Waals surface area contributed by atoms with Crippen LogP contribution in [0, 0.1) is 5.82 Å². The standard InChI is InChI=1S/C29H27FN4O/c30-21-11-9-19(10-12-21)28-23(22-5-1-2-6-24(22)31-28)13-14-27(35)34-17-15-20(16-18-34)29-32-25-7-3-4-8-26(25)33-29/h1-12,20,31H,13-18H2,(H,32,33). The molecule has 0 atom stereocenters. The summed E-state index contributed by atoms with van der Waals surface area (Å²) in [7, 11) is 0. The second-order valence-corrected chi connectivity index (χ2v) is 9.33. The van der Waals surface area contributed by atoms with Crippen LogP contribution in [0.5, 0.6) is 0 Å². The van der Waals surface area contributed by atoms with Crippen LogP contribution in [0.3, 0.4) is 0 Å². The molecular formula is C29H27FN4O. The molecule has 5 aromatic rings. The summed E-state index contributed by atoms with van der Waals surface area (Å²) in [5, 5.41) is 1.11. The van der Waals surface area contributed by atoms with Gasteiger partial charge in [0.1, 0.15) is 11.6 Å². The molecular weight excluding hydrogens is 439 g/mol. The first-order chi connectivity index (χ1) is 17.2. The molecule has 1 amide bonds. The largest absolute Gasteiger partial charge is 0.354 e. The van der Waals surface area contributed by atoms with Crippen molar-refractivity contribution in [2.45, 2.75) is 31.6 Å². The minimum atomic E-state index is -0.257. The van der Waals surface area contributed by atoms with Crippen LogP contribution in [0.25, 0.3) is 33.2 Å². The molecule has 0 unspecified atom stereocenters. The zero-order valence-corrected chi connectivity index (χ0v) is 19.4. The molecule has 0 saturated carbocycles. The van der Waals surface area contributed by atoms with E-state index in [1.54, 1.807) is 12.1 Å².